The van der Waals surface area contributed by atoms with Crippen molar-refractivity contribution in [1.82, 2.24) is 0 Å². The van der Waals surface area contributed by atoms with Crippen molar-refractivity contribution in [2.75, 3.05) is 33.0 Å². The zero-order valence-corrected chi connectivity index (χ0v) is 7.88. The molecule has 1 N–H and O–H groups in total. The Hall–Kier alpha value is -1.44. The lowest BCUT2D eigenvalue weighted by atomic mass is 10.6. The highest BCUT2D eigenvalue weighted by molar-refractivity contribution is 5.01. The molecular formula is C11H12O3. The minimum Gasteiger partial charge on any atom is -0.384 e. The molecule has 0 aromatic rings. The highest BCUT2D eigenvalue weighted by Crippen LogP contribution is 1.72. The number of terminal acetylenes is 1. The van der Waals surface area contributed by atoms with E-state index < -0.39 is 0 Å². The monoisotopic (exact) mass is 192 g/mol. The first-order chi connectivity index (χ1) is 6.91. The molecule has 0 radical (unpaired) electrons. The summed E-state index contributed by atoms with van der Waals surface area (Å²) in [6.45, 7) is 1.03. The van der Waals surface area contributed by atoms with Crippen LogP contribution in [0.3, 0.4) is 0 Å². The first-order valence-corrected chi connectivity index (χ1v) is 4.03. The van der Waals surface area contributed by atoms with Crippen molar-refractivity contribution in [1.29, 1.82) is 0 Å². The molecule has 0 aliphatic heterocycles. The average molecular weight is 192 g/mol. The summed E-state index contributed by atoms with van der Waals surface area (Å²) in [5.41, 5.74) is 0. The number of ether oxygens (including phenoxy) is 2. The predicted molar refractivity (Wildman–Crippen MR) is 53.1 cm³/mol. The van der Waals surface area contributed by atoms with Crippen molar-refractivity contribution in [2.24, 2.45) is 0 Å². The molecule has 0 heterocycles. The molecule has 0 rings (SSSR count). The van der Waals surface area contributed by atoms with Crippen LogP contribution in [0.2, 0.25) is 0 Å². The van der Waals surface area contributed by atoms with Crippen LogP contribution in [-0.4, -0.2) is 38.1 Å². The molecule has 14 heavy (non-hydrogen) atoms. The summed E-state index contributed by atoms with van der Waals surface area (Å²) in [5, 5.41) is 8.30. The molecule has 0 fully saturated rings. The summed E-state index contributed by atoms with van der Waals surface area (Å²) in [6, 6.07) is 0. The summed E-state index contributed by atoms with van der Waals surface area (Å²) in [5.74, 6) is 12.8. The van der Waals surface area contributed by atoms with Crippen LogP contribution in [0.5, 0.6) is 0 Å². The van der Waals surface area contributed by atoms with Crippen molar-refractivity contribution in [3.05, 3.63) is 0 Å². The Bertz CT molecular complexity index is 280. The van der Waals surface area contributed by atoms with Gasteiger partial charge in [0.25, 0.3) is 0 Å². The number of hydrogen-bond acceptors (Lipinski definition) is 3. The number of aliphatic hydroxyl groups excluding tert-OH is 1. The van der Waals surface area contributed by atoms with E-state index in [1.165, 1.54) is 0 Å². The molecule has 0 amide bonds. The van der Waals surface area contributed by atoms with E-state index in [0.29, 0.717) is 13.2 Å². The van der Waals surface area contributed by atoms with E-state index in [9.17, 15) is 0 Å². The van der Waals surface area contributed by atoms with Gasteiger partial charge in [-0.1, -0.05) is 29.6 Å². The Morgan fingerprint density at radius 2 is 1.36 bits per heavy atom. The van der Waals surface area contributed by atoms with Crippen molar-refractivity contribution >= 4 is 0 Å². The third-order valence-electron chi connectivity index (χ3n) is 1.04. The van der Waals surface area contributed by atoms with Gasteiger partial charge in [0, 0.05) is 0 Å². The Labute approximate surface area is 84.4 Å². The quantitative estimate of drug-likeness (QED) is 0.489. The Kier molecular flexibility index (Phi) is 10.4. The second-order valence-electron chi connectivity index (χ2n) is 2.05. The normalized spacial score (nSPS) is 7.71. The number of rotatable bonds is 4. The predicted octanol–water partition coefficient (Wildman–Crippen LogP) is -0.348. The fraction of sp³-hybridized carbons (Fsp3) is 0.455. The molecule has 0 spiro atoms. The summed E-state index contributed by atoms with van der Waals surface area (Å²) >= 11 is 0. The van der Waals surface area contributed by atoms with Crippen molar-refractivity contribution < 1.29 is 14.6 Å². The van der Waals surface area contributed by atoms with Crippen LogP contribution in [0.25, 0.3) is 0 Å². The van der Waals surface area contributed by atoms with Gasteiger partial charge in [-0.05, 0) is 0 Å². The van der Waals surface area contributed by atoms with E-state index in [4.69, 9.17) is 21.0 Å². The summed E-state index contributed by atoms with van der Waals surface area (Å²) in [7, 11) is 0. The van der Waals surface area contributed by atoms with Crippen LogP contribution < -0.4 is 0 Å². The van der Waals surface area contributed by atoms with E-state index in [2.05, 4.69) is 29.6 Å². The van der Waals surface area contributed by atoms with Gasteiger partial charge in [0.1, 0.15) is 33.0 Å². The summed E-state index contributed by atoms with van der Waals surface area (Å²) in [6.07, 6.45) is 4.95. The van der Waals surface area contributed by atoms with Crippen LogP contribution in [-0.2, 0) is 9.47 Å². The maximum atomic E-state index is 8.30. The van der Waals surface area contributed by atoms with Gasteiger partial charge in [-0.25, -0.2) is 0 Å². The lowest BCUT2D eigenvalue weighted by Gasteiger charge is -1.90. The van der Waals surface area contributed by atoms with Gasteiger partial charge in [-0.2, -0.15) is 0 Å². The second-order valence-corrected chi connectivity index (χ2v) is 2.05. The Morgan fingerprint density at radius 3 is 1.86 bits per heavy atom. The third-order valence-corrected chi connectivity index (χ3v) is 1.04. The molecular weight excluding hydrogens is 180 g/mol. The molecule has 74 valence electrons. The molecule has 0 aliphatic carbocycles. The molecule has 0 saturated carbocycles. The van der Waals surface area contributed by atoms with E-state index in [0.717, 1.165) is 0 Å². The Morgan fingerprint density at radius 1 is 0.857 bits per heavy atom. The minimum atomic E-state index is -0.144. The van der Waals surface area contributed by atoms with Gasteiger partial charge in [0.2, 0.25) is 0 Å². The third kappa shape index (κ3) is 10.6. The van der Waals surface area contributed by atoms with Crippen LogP contribution in [0.4, 0.5) is 0 Å². The SMILES string of the molecule is C#CCOCC#CCOCC#CCO. The minimum absolute atomic E-state index is 0.144. The standard InChI is InChI=1S/C11H12O3/c1-2-8-13-10-5-6-11-14-9-4-3-7-12/h1,12H,7-11H2. The number of aliphatic hydroxyl groups is 1. The maximum absolute atomic E-state index is 8.30. The summed E-state index contributed by atoms with van der Waals surface area (Å²) < 4.78 is 9.89. The van der Waals surface area contributed by atoms with Crippen LogP contribution >= 0.6 is 0 Å². The smallest absolute Gasteiger partial charge is 0.109 e. The van der Waals surface area contributed by atoms with Crippen LogP contribution in [0.15, 0.2) is 0 Å². The van der Waals surface area contributed by atoms with Gasteiger partial charge in [0.15, 0.2) is 0 Å². The largest absolute Gasteiger partial charge is 0.384 e. The molecule has 3 nitrogen and oxygen atoms in total. The van der Waals surface area contributed by atoms with Gasteiger partial charge in [-0.3, -0.25) is 0 Å². The van der Waals surface area contributed by atoms with E-state index in [1.807, 2.05) is 0 Å². The van der Waals surface area contributed by atoms with Crippen LogP contribution in [0, 0.1) is 36.0 Å². The summed E-state index contributed by atoms with van der Waals surface area (Å²) in [4.78, 5) is 0. The molecule has 0 atom stereocenters. The van der Waals surface area contributed by atoms with E-state index >= 15 is 0 Å². The topological polar surface area (TPSA) is 38.7 Å². The lowest BCUT2D eigenvalue weighted by Crippen LogP contribution is -1.94. The molecule has 0 aromatic carbocycles. The zero-order valence-electron chi connectivity index (χ0n) is 7.88. The average Bonchev–Trinajstić information content (AvgIpc) is 2.21. The highest BCUT2D eigenvalue weighted by Gasteiger charge is 1.78. The second kappa shape index (κ2) is 11.6. The molecule has 0 aromatic heterocycles. The molecule has 0 unspecified atom stereocenters. The molecule has 0 bridgehead atoms. The maximum Gasteiger partial charge on any atom is 0.109 e. The van der Waals surface area contributed by atoms with Crippen LogP contribution in [0.1, 0.15) is 0 Å². The lowest BCUT2D eigenvalue weighted by molar-refractivity contribution is 0.198. The highest BCUT2D eigenvalue weighted by atomic mass is 16.5. The van der Waals surface area contributed by atoms with Gasteiger partial charge in [0.05, 0.1) is 0 Å². The van der Waals surface area contributed by atoms with E-state index in [-0.39, 0.29) is 19.8 Å². The zero-order chi connectivity index (χ0) is 10.5. The van der Waals surface area contributed by atoms with Gasteiger partial charge < -0.3 is 14.6 Å². The molecule has 0 saturated heterocycles. The first-order valence-electron chi connectivity index (χ1n) is 4.03. The molecule has 3 heteroatoms. The fourth-order valence-corrected chi connectivity index (χ4v) is 0.523. The Balaban J connectivity index is 3.22. The van der Waals surface area contributed by atoms with Crippen molar-refractivity contribution in [2.45, 2.75) is 0 Å². The molecule has 0 aliphatic rings. The van der Waals surface area contributed by atoms with Gasteiger partial charge in [-0.15, -0.1) is 6.42 Å². The van der Waals surface area contributed by atoms with Crippen molar-refractivity contribution in [3.8, 4) is 36.0 Å². The van der Waals surface area contributed by atoms with Crippen molar-refractivity contribution in [3.63, 3.8) is 0 Å². The first kappa shape index (κ1) is 12.6. The van der Waals surface area contributed by atoms with E-state index in [1.54, 1.807) is 0 Å². The number of hydrogen-bond donors (Lipinski definition) is 1. The fourth-order valence-electron chi connectivity index (χ4n) is 0.523. The van der Waals surface area contributed by atoms with Gasteiger partial charge >= 0.3 is 0 Å².